The fourth-order valence-electron chi connectivity index (χ4n) is 4.92. The monoisotopic (exact) mass is 409 g/mol. The molecule has 2 aromatic rings. The first-order valence-electron chi connectivity index (χ1n) is 11.4. The lowest BCUT2D eigenvalue weighted by molar-refractivity contribution is -0.133. The number of carbonyl (C=O) groups excluding carboxylic acids is 1. The Bertz CT molecular complexity index is 812. The predicted octanol–water partition coefficient (Wildman–Crippen LogP) is 2.92. The normalized spacial score (nSPS) is 22.2. The van der Waals surface area contributed by atoms with E-state index in [4.69, 9.17) is 0 Å². The van der Waals surface area contributed by atoms with Crippen molar-refractivity contribution in [2.45, 2.75) is 44.7 Å². The number of aromatic nitrogens is 2. The van der Waals surface area contributed by atoms with Crippen LogP contribution in [0.4, 0.5) is 0 Å². The van der Waals surface area contributed by atoms with E-state index in [1.165, 1.54) is 24.8 Å². The van der Waals surface area contributed by atoms with Crippen molar-refractivity contribution in [3.63, 3.8) is 0 Å². The highest BCUT2D eigenvalue weighted by molar-refractivity contribution is 5.76. The van der Waals surface area contributed by atoms with Gasteiger partial charge in [0.1, 0.15) is 5.82 Å². The summed E-state index contributed by atoms with van der Waals surface area (Å²) >= 11 is 0. The molecule has 0 spiro atoms. The zero-order chi connectivity index (χ0) is 20.9. The molecule has 3 heterocycles. The summed E-state index contributed by atoms with van der Waals surface area (Å²) in [5.74, 6) is 1.36. The molecule has 0 unspecified atom stereocenters. The van der Waals surface area contributed by atoms with Crippen LogP contribution in [0.15, 0.2) is 42.7 Å². The van der Waals surface area contributed by atoms with Gasteiger partial charge >= 0.3 is 0 Å². The average Bonchev–Trinajstić information content (AvgIpc) is 3.20. The van der Waals surface area contributed by atoms with E-state index in [0.29, 0.717) is 18.4 Å². The van der Waals surface area contributed by atoms with Crippen LogP contribution in [0.3, 0.4) is 0 Å². The number of aryl methyl sites for hydroxylation is 1. The first kappa shape index (κ1) is 21.1. The third-order valence-corrected chi connectivity index (χ3v) is 6.80. The van der Waals surface area contributed by atoms with Crippen LogP contribution in [0.1, 0.15) is 50.0 Å². The zero-order valence-corrected chi connectivity index (χ0v) is 18.4. The Morgan fingerprint density at radius 2 is 1.87 bits per heavy atom. The first-order chi connectivity index (χ1) is 14.6. The van der Waals surface area contributed by atoms with Crippen LogP contribution in [-0.2, 0) is 11.8 Å². The van der Waals surface area contributed by atoms with Gasteiger partial charge in [0, 0.05) is 64.6 Å². The number of hydrogen-bond donors (Lipinski definition) is 0. The first-order valence-corrected chi connectivity index (χ1v) is 11.4. The second-order valence-electron chi connectivity index (χ2n) is 8.76. The molecule has 30 heavy (non-hydrogen) atoms. The minimum atomic E-state index is 0.123. The molecule has 6 nitrogen and oxygen atoms in total. The van der Waals surface area contributed by atoms with Gasteiger partial charge in [-0.15, -0.1) is 0 Å². The summed E-state index contributed by atoms with van der Waals surface area (Å²) in [6.45, 7) is 7.68. The number of imidazole rings is 1. The second kappa shape index (κ2) is 9.75. The van der Waals surface area contributed by atoms with Crippen LogP contribution in [0.2, 0.25) is 0 Å². The number of nitrogens with zero attached hydrogens (tertiary/aromatic N) is 5. The molecule has 6 heteroatoms. The van der Waals surface area contributed by atoms with Crippen molar-refractivity contribution in [1.82, 2.24) is 24.3 Å². The van der Waals surface area contributed by atoms with E-state index in [1.807, 2.05) is 12.4 Å². The van der Waals surface area contributed by atoms with E-state index in [2.05, 4.69) is 68.6 Å². The molecule has 2 atom stereocenters. The maximum atomic E-state index is 12.8. The van der Waals surface area contributed by atoms with Gasteiger partial charge in [-0.1, -0.05) is 36.8 Å². The van der Waals surface area contributed by atoms with Crippen molar-refractivity contribution in [3.8, 4) is 0 Å². The molecule has 1 aromatic carbocycles. The minimum Gasteiger partial charge on any atom is -0.340 e. The highest BCUT2D eigenvalue weighted by atomic mass is 16.2. The van der Waals surface area contributed by atoms with Crippen molar-refractivity contribution < 1.29 is 4.79 Å². The molecule has 1 amide bonds. The minimum absolute atomic E-state index is 0.123. The van der Waals surface area contributed by atoms with Gasteiger partial charge in [-0.25, -0.2) is 4.98 Å². The van der Waals surface area contributed by atoms with Crippen molar-refractivity contribution >= 4 is 5.91 Å². The predicted molar refractivity (Wildman–Crippen MR) is 119 cm³/mol. The van der Waals surface area contributed by atoms with Crippen LogP contribution < -0.4 is 0 Å². The number of rotatable bonds is 6. The van der Waals surface area contributed by atoms with E-state index in [1.54, 1.807) is 0 Å². The van der Waals surface area contributed by atoms with Crippen molar-refractivity contribution in [1.29, 1.82) is 0 Å². The van der Waals surface area contributed by atoms with Gasteiger partial charge in [0.2, 0.25) is 5.91 Å². The fraction of sp³-hybridized carbons (Fsp3) is 0.583. The standard InChI is InChI=1S/C24H35N5O/c1-20-8-6-7-13-27(20)14-11-22(30)28-16-18-29(19-17-28)23(21-9-4-3-5-10-21)24-25-12-15-26(24)2/h3-5,9-10,12,15,20,23H,6-8,11,13-14,16-19H2,1-2H3/t20-,23+/m0/s1. The summed E-state index contributed by atoms with van der Waals surface area (Å²) in [4.78, 5) is 24.5. The molecule has 0 saturated carbocycles. The van der Waals surface area contributed by atoms with Gasteiger partial charge < -0.3 is 14.4 Å². The molecule has 0 aliphatic carbocycles. The van der Waals surface area contributed by atoms with Crippen LogP contribution in [0.25, 0.3) is 0 Å². The molecule has 1 aromatic heterocycles. The highest BCUT2D eigenvalue weighted by Crippen LogP contribution is 2.28. The lowest BCUT2D eigenvalue weighted by Gasteiger charge is -2.39. The summed E-state index contributed by atoms with van der Waals surface area (Å²) in [7, 11) is 2.06. The Hall–Kier alpha value is -2.18. The number of hydrogen-bond acceptors (Lipinski definition) is 4. The number of piperidine rings is 1. The molecular formula is C24H35N5O. The highest BCUT2D eigenvalue weighted by Gasteiger charge is 2.30. The summed E-state index contributed by atoms with van der Waals surface area (Å²) < 4.78 is 2.11. The Kier molecular flexibility index (Phi) is 6.85. The quantitative estimate of drug-likeness (QED) is 0.736. The van der Waals surface area contributed by atoms with Gasteiger partial charge in [0.15, 0.2) is 0 Å². The van der Waals surface area contributed by atoms with Gasteiger partial charge in [-0.05, 0) is 31.9 Å². The summed E-state index contributed by atoms with van der Waals surface area (Å²) in [5, 5.41) is 0. The van der Waals surface area contributed by atoms with E-state index in [-0.39, 0.29) is 6.04 Å². The van der Waals surface area contributed by atoms with E-state index < -0.39 is 0 Å². The number of piperazine rings is 1. The van der Waals surface area contributed by atoms with E-state index in [0.717, 1.165) is 45.1 Å². The van der Waals surface area contributed by atoms with Crippen LogP contribution in [-0.4, -0.2) is 75.5 Å². The molecule has 2 saturated heterocycles. The molecule has 2 aliphatic rings. The lowest BCUT2D eigenvalue weighted by atomic mass is 10.0. The average molecular weight is 410 g/mol. The smallest absolute Gasteiger partial charge is 0.223 e. The van der Waals surface area contributed by atoms with Crippen LogP contribution in [0.5, 0.6) is 0 Å². The molecule has 2 aliphatic heterocycles. The zero-order valence-electron chi connectivity index (χ0n) is 18.4. The van der Waals surface area contributed by atoms with Gasteiger partial charge in [0.25, 0.3) is 0 Å². The van der Waals surface area contributed by atoms with Gasteiger partial charge in [-0.3, -0.25) is 9.69 Å². The fourth-order valence-corrected chi connectivity index (χ4v) is 4.92. The van der Waals surface area contributed by atoms with Gasteiger partial charge in [-0.2, -0.15) is 0 Å². The third kappa shape index (κ3) is 4.76. The number of carbonyl (C=O) groups is 1. The van der Waals surface area contributed by atoms with Gasteiger partial charge in [0.05, 0.1) is 6.04 Å². The van der Waals surface area contributed by atoms with Crippen molar-refractivity contribution in [3.05, 3.63) is 54.1 Å². The Labute approximate surface area is 180 Å². The topological polar surface area (TPSA) is 44.6 Å². The lowest BCUT2D eigenvalue weighted by Crippen LogP contribution is -2.50. The second-order valence-corrected chi connectivity index (χ2v) is 8.76. The Morgan fingerprint density at radius 3 is 2.53 bits per heavy atom. The molecule has 0 bridgehead atoms. The Morgan fingerprint density at radius 1 is 1.10 bits per heavy atom. The molecular weight excluding hydrogens is 374 g/mol. The third-order valence-electron chi connectivity index (χ3n) is 6.80. The molecule has 4 rings (SSSR count). The Balaban J connectivity index is 1.36. The number of likely N-dealkylation sites (tertiary alicyclic amines) is 1. The maximum absolute atomic E-state index is 12.8. The molecule has 2 fully saturated rings. The van der Waals surface area contributed by atoms with E-state index >= 15 is 0 Å². The molecule has 162 valence electrons. The largest absolute Gasteiger partial charge is 0.340 e. The van der Waals surface area contributed by atoms with E-state index in [9.17, 15) is 4.79 Å². The van der Waals surface area contributed by atoms with Crippen LogP contribution in [0, 0.1) is 0 Å². The van der Waals surface area contributed by atoms with Crippen molar-refractivity contribution in [2.75, 3.05) is 39.3 Å². The molecule has 0 N–H and O–H groups in total. The maximum Gasteiger partial charge on any atom is 0.223 e. The summed E-state index contributed by atoms with van der Waals surface area (Å²) in [6.07, 6.45) is 8.38. The van der Waals surface area contributed by atoms with Crippen LogP contribution >= 0.6 is 0 Å². The molecule has 0 radical (unpaired) electrons. The summed E-state index contributed by atoms with van der Waals surface area (Å²) in [5.41, 5.74) is 1.26. The summed E-state index contributed by atoms with van der Waals surface area (Å²) in [6, 6.07) is 11.3. The number of amides is 1. The number of benzene rings is 1. The van der Waals surface area contributed by atoms with Crippen molar-refractivity contribution in [2.24, 2.45) is 7.05 Å². The SMILES string of the molecule is C[C@H]1CCCCN1CCC(=O)N1CCN([C@H](c2ccccc2)c2nccn2C)CC1.